The summed E-state index contributed by atoms with van der Waals surface area (Å²) in [5, 5.41) is 3.44. The first kappa shape index (κ1) is 19.8. The van der Waals surface area contributed by atoms with Gasteiger partial charge in [-0.25, -0.2) is 0 Å². The molecule has 0 bridgehead atoms. The molecule has 1 saturated carbocycles. The number of guanidine groups is 1. The first-order valence-electron chi connectivity index (χ1n) is 8.73. The number of hydrogen-bond acceptors (Lipinski definition) is 2. The monoisotopic (exact) mass is 411 g/mol. The van der Waals surface area contributed by atoms with Gasteiger partial charge in [-0.15, -0.1) is 0 Å². The van der Waals surface area contributed by atoms with Gasteiger partial charge in [-0.1, -0.05) is 12.8 Å². The van der Waals surface area contributed by atoms with Crippen LogP contribution in [0.4, 0.5) is 0 Å². The number of aryl methyl sites for hydroxylation is 1. The van der Waals surface area contributed by atoms with Crippen molar-refractivity contribution < 1.29 is 4.79 Å². The van der Waals surface area contributed by atoms with E-state index >= 15 is 0 Å². The van der Waals surface area contributed by atoms with Crippen molar-refractivity contribution in [2.75, 3.05) is 34.7 Å². The Morgan fingerprint density at radius 1 is 1.36 bits per heavy atom. The highest BCUT2D eigenvalue weighted by atomic mass is 79.9. The third-order valence-corrected chi connectivity index (χ3v) is 5.49. The van der Waals surface area contributed by atoms with Crippen molar-refractivity contribution in [1.29, 1.82) is 0 Å². The Hall–Kier alpha value is -1.50. The molecular formula is C18H30BrN5O. The summed E-state index contributed by atoms with van der Waals surface area (Å²) >= 11 is 3.51. The maximum Gasteiger partial charge on any atom is 0.230 e. The second-order valence-corrected chi connectivity index (χ2v) is 8.12. The predicted molar refractivity (Wildman–Crippen MR) is 106 cm³/mol. The number of carbonyl (C=O) groups is 1. The fraction of sp³-hybridized carbons (Fsp3) is 0.667. The minimum atomic E-state index is -0.297. The van der Waals surface area contributed by atoms with E-state index in [1.165, 1.54) is 5.69 Å². The van der Waals surface area contributed by atoms with Gasteiger partial charge in [0.15, 0.2) is 5.96 Å². The third kappa shape index (κ3) is 4.57. The Morgan fingerprint density at radius 3 is 2.48 bits per heavy atom. The zero-order valence-electron chi connectivity index (χ0n) is 16.0. The Labute approximate surface area is 159 Å². The molecule has 0 unspecified atom stereocenters. The van der Waals surface area contributed by atoms with Gasteiger partial charge in [0.25, 0.3) is 0 Å². The maximum absolute atomic E-state index is 12.7. The maximum atomic E-state index is 12.7. The van der Waals surface area contributed by atoms with Crippen molar-refractivity contribution in [2.24, 2.45) is 17.5 Å². The molecular weight excluding hydrogens is 382 g/mol. The Morgan fingerprint density at radius 2 is 2.00 bits per heavy atom. The Kier molecular flexibility index (Phi) is 6.54. The first-order valence-corrected chi connectivity index (χ1v) is 9.52. The van der Waals surface area contributed by atoms with Crippen LogP contribution in [0.15, 0.2) is 21.7 Å². The van der Waals surface area contributed by atoms with Gasteiger partial charge in [0.1, 0.15) is 0 Å². The summed E-state index contributed by atoms with van der Waals surface area (Å²) in [6.07, 6.45) is 6.17. The average Bonchev–Trinajstić information content (AvgIpc) is 3.15. The highest BCUT2D eigenvalue weighted by Crippen LogP contribution is 2.38. The lowest BCUT2D eigenvalue weighted by Gasteiger charge is -2.32. The highest BCUT2D eigenvalue weighted by Gasteiger charge is 2.42. The fourth-order valence-corrected chi connectivity index (χ4v) is 4.24. The van der Waals surface area contributed by atoms with E-state index in [4.69, 9.17) is 0 Å². The molecule has 1 amide bonds. The van der Waals surface area contributed by atoms with Crippen LogP contribution in [0.2, 0.25) is 0 Å². The normalized spacial score (nSPS) is 16.8. The highest BCUT2D eigenvalue weighted by molar-refractivity contribution is 9.10. The van der Waals surface area contributed by atoms with Gasteiger partial charge >= 0.3 is 0 Å². The summed E-state index contributed by atoms with van der Waals surface area (Å²) in [5.74, 6) is 1.04. The van der Waals surface area contributed by atoms with Gasteiger partial charge in [0.2, 0.25) is 5.91 Å². The molecule has 0 atom stereocenters. The SMILES string of the molecule is CN=C(NCC1(C(=O)N(C)C)CCCC1)N(C)Cc1cc(Br)cn1C. The van der Waals surface area contributed by atoms with E-state index in [-0.39, 0.29) is 11.3 Å². The van der Waals surface area contributed by atoms with Gasteiger partial charge in [0, 0.05) is 58.1 Å². The van der Waals surface area contributed by atoms with Gasteiger partial charge < -0.3 is 19.7 Å². The minimum absolute atomic E-state index is 0.224. The number of nitrogens with zero attached hydrogens (tertiary/aromatic N) is 4. The number of aromatic nitrogens is 1. The predicted octanol–water partition coefficient (Wildman–Crippen LogP) is 2.44. The molecule has 1 aromatic heterocycles. The van der Waals surface area contributed by atoms with Gasteiger partial charge in [-0.05, 0) is 34.8 Å². The minimum Gasteiger partial charge on any atom is -0.355 e. The van der Waals surface area contributed by atoms with Crippen LogP contribution in [0.25, 0.3) is 0 Å². The third-order valence-electron chi connectivity index (χ3n) is 5.05. The molecule has 2 rings (SSSR count). The van der Waals surface area contributed by atoms with Crippen molar-refractivity contribution in [3.63, 3.8) is 0 Å². The molecule has 0 aliphatic heterocycles. The van der Waals surface area contributed by atoms with Crippen molar-refractivity contribution >= 4 is 27.8 Å². The lowest BCUT2D eigenvalue weighted by Crippen LogP contribution is -2.49. The first-order chi connectivity index (χ1) is 11.8. The summed E-state index contributed by atoms with van der Waals surface area (Å²) in [6.45, 7) is 1.38. The van der Waals surface area contributed by atoms with Crippen LogP contribution in [-0.2, 0) is 18.4 Å². The second kappa shape index (κ2) is 8.25. The van der Waals surface area contributed by atoms with E-state index in [0.29, 0.717) is 6.54 Å². The number of aliphatic imine (C=N–C) groups is 1. The van der Waals surface area contributed by atoms with E-state index in [2.05, 4.69) is 41.8 Å². The molecule has 0 spiro atoms. The molecule has 1 heterocycles. The van der Waals surface area contributed by atoms with Gasteiger partial charge in [0.05, 0.1) is 12.0 Å². The number of amides is 1. The zero-order chi connectivity index (χ0) is 18.6. The zero-order valence-corrected chi connectivity index (χ0v) is 17.6. The van der Waals surface area contributed by atoms with Crippen molar-refractivity contribution in [1.82, 2.24) is 19.7 Å². The molecule has 1 aliphatic carbocycles. The average molecular weight is 412 g/mol. The van der Waals surface area contributed by atoms with Crippen LogP contribution >= 0.6 is 15.9 Å². The smallest absolute Gasteiger partial charge is 0.230 e. The molecule has 1 aromatic rings. The molecule has 25 heavy (non-hydrogen) atoms. The van der Waals surface area contributed by atoms with Crippen LogP contribution < -0.4 is 5.32 Å². The van der Waals surface area contributed by atoms with Crippen LogP contribution in [0.3, 0.4) is 0 Å². The van der Waals surface area contributed by atoms with Crippen molar-refractivity contribution in [2.45, 2.75) is 32.2 Å². The Bertz CT molecular complexity index is 631. The topological polar surface area (TPSA) is 52.9 Å². The summed E-state index contributed by atoms with van der Waals surface area (Å²) < 4.78 is 3.17. The molecule has 140 valence electrons. The summed E-state index contributed by atoms with van der Waals surface area (Å²) in [4.78, 5) is 20.9. The van der Waals surface area contributed by atoms with Crippen molar-refractivity contribution in [3.8, 4) is 0 Å². The number of carbonyl (C=O) groups excluding carboxylic acids is 1. The fourth-order valence-electron chi connectivity index (χ4n) is 3.67. The molecule has 1 fully saturated rings. The molecule has 1 aliphatic rings. The summed E-state index contributed by atoms with van der Waals surface area (Å²) in [5.41, 5.74) is 0.895. The van der Waals surface area contributed by atoms with Crippen LogP contribution in [-0.4, -0.2) is 61.0 Å². The Balaban J connectivity index is 2.03. The largest absolute Gasteiger partial charge is 0.355 e. The summed E-state index contributed by atoms with van der Waals surface area (Å²) in [7, 11) is 9.53. The van der Waals surface area contributed by atoms with Crippen LogP contribution in [0.5, 0.6) is 0 Å². The van der Waals surface area contributed by atoms with E-state index in [1.54, 1.807) is 11.9 Å². The number of hydrogen-bond donors (Lipinski definition) is 1. The lowest BCUT2D eigenvalue weighted by atomic mass is 9.84. The van der Waals surface area contributed by atoms with E-state index in [9.17, 15) is 4.79 Å². The molecule has 0 radical (unpaired) electrons. The van der Waals surface area contributed by atoms with Crippen LogP contribution in [0.1, 0.15) is 31.4 Å². The number of rotatable bonds is 5. The molecule has 6 nitrogen and oxygen atoms in total. The molecule has 1 N–H and O–H groups in total. The number of nitrogens with one attached hydrogen (secondary N) is 1. The van der Waals surface area contributed by atoms with Crippen molar-refractivity contribution in [3.05, 3.63) is 22.4 Å². The standard InChI is InChI=1S/C18H30BrN5O/c1-20-17(24(5)12-15-10-14(19)11-23(15)4)21-13-18(8-6-7-9-18)16(25)22(2)3/h10-11H,6-9,12-13H2,1-5H3,(H,20,21). The van der Waals surface area contributed by atoms with Crippen LogP contribution in [0, 0.1) is 5.41 Å². The molecule has 0 aromatic carbocycles. The lowest BCUT2D eigenvalue weighted by molar-refractivity contribution is -0.138. The summed E-state index contributed by atoms with van der Waals surface area (Å²) in [6, 6.07) is 2.11. The van der Waals surface area contributed by atoms with E-state index < -0.39 is 0 Å². The van der Waals surface area contributed by atoms with Gasteiger partial charge in [-0.3, -0.25) is 9.79 Å². The second-order valence-electron chi connectivity index (χ2n) is 7.20. The van der Waals surface area contributed by atoms with E-state index in [1.807, 2.05) is 34.4 Å². The van der Waals surface area contributed by atoms with E-state index in [0.717, 1.165) is 42.7 Å². The molecule has 0 saturated heterocycles. The van der Waals surface area contributed by atoms with Gasteiger partial charge in [-0.2, -0.15) is 0 Å². The molecule has 7 heteroatoms. The quantitative estimate of drug-likeness (QED) is 0.597. The number of halogens is 1.